The van der Waals surface area contributed by atoms with Crippen molar-refractivity contribution in [3.63, 3.8) is 0 Å². The summed E-state index contributed by atoms with van der Waals surface area (Å²) in [6, 6.07) is 6.42. The summed E-state index contributed by atoms with van der Waals surface area (Å²) in [5, 5.41) is 5.02. The number of methoxy groups -OCH3 is 1. The lowest BCUT2D eigenvalue weighted by molar-refractivity contribution is -0.141. The molecule has 6 nitrogen and oxygen atoms in total. The number of hydrogen-bond donors (Lipinski definition) is 1. The zero-order valence-corrected chi connectivity index (χ0v) is 15.5. The number of halogens is 1. The predicted molar refractivity (Wildman–Crippen MR) is 96.9 cm³/mol. The van der Waals surface area contributed by atoms with Gasteiger partial charge in [-0.1, -0.05) is 41.1 Å². The highest BCUT2D eigenvalue weighted by atomic mass is 35.5. The molecule has 1 atom stereocenters. The number of amides is 1. The minimum absolute atomic E-state index is 0.0244. The summed E-state index contributed by atoms with van der Waals surface area (Å²) in [6.45, 7) is 2.10. The first kappa shape index (κ1) is 19.2. The molecule has 0 fully saturated rings. The molecule has 0 radical (unpaired) electrons. The van der Waals surface area contributed by atoms with Crippen molar-refractivity contribution in [3.8, 4) is 0 Å². The SMILES string of the molecule is COC(=O)CC(NC(=O)CCn1c(C)csc1=O)c1ccccc1Cl. The maximum Gasteiger partial charge on any atom is 0.307 e. The van der Waals surface area contributed by atoms with E-state index in [1.807, 2.05) is 6.92 Å². The molecule has 0 saturated carbocycles. The van der Waals surface area contributed by atoms with Crippen LogP contribution in [-0.2, 0) is 20.9 Å². The second-order valence-electron chi connectivity index (χ2n) is 5.47. The van der Waals surface area contributed by atoms with Crippen LogP contribution in [0.1, 0.15) is 30.1 Å². The number of nitrogens with zero attached hydrogens (tertiary/aromatic N) is 1. The molecule has 8 heteroatoms. The highest BCUT2D eigenvalue weighted by molar-refractivity contribution is 7.07. The molecule has 0 spiro atoms. The zero-order chi connectivity index (χ0) is 18.4. The van der Waals surface area contributed by atoms with Gasteiger partial charge >= 0.3 is 10.8 Å². The smallest absolute Gasteiger partial charge is 0.307 e. The van der Waals surface area contributed by atoms with Crippen molar-refractivity contribution in [2.45, 2.75) is 32.4 Å². The van der Waals surface area contributed by atoms with Crippen molar-refractivity contribution < 1.29 is 14.3 Å². The fourth-order valence-corrected chi connectivity index (χ4v) is 3.43. The fraction of sp³-hybridized carbons (Fsp3) is 0.353. The monoisotopic (exact) mass is 382 g/mol. The summed E-state index contributed by atoms with van der Waals surface area (Å²) >= 11 is 7.29. The van der Waals surface area contributed by atoms with Crippen LogP contribution in [0.5, 0.6) is 0 Å². The number of hydrogen-bond acceptors (Lipinski definition) is 5. The minimum Gasteiger partial charge on any atom is -0.469 e. The summed E-state index contributed by atoms with van der Waals surface area (Å²) < 4.78 is 6.25. The summed E-state index contributed by atoms with van der Waals surface area (Å²) in [5.41, 5.74) is 1.46. The quantitative estimate of drug-likeness (QED) is 0.747. The molecule has 1 heterocycles. The highest BCUT2D eigenvalue weighted by Gasteiger charge is 2.21. The molecular weight excluding hydrogens is 364 g/mol. The van der Waals surface area contributed by atoms with Crippen molar-refractivity contribution in [1.29, 1.82) is 0 Å². The maximum atomic E-state index is 12.3. The van der Waals surface area contributed by atoms with Crippen LogP contribution in [0, 0.1) is 6.92 Å². The van der Waals surface area contributed by atoms with Crippen LogP contribution in [0.4, 0.5) is 0 Å². The minimum atomic E-state index is -0.589. The van der Waals surface area contributed by atoms with Crippen LogP contribution in [0.25, 0.3) is 0 Å². The Hall–Kier alpha value is -2.12. The van der Waals surface area contributed by atoms with Crippen molar-refractivity contribution in [1.82, 2.24) is 9.88 Å². The first-order valence-corrected chi connectivity index (χ1v) is 8.93. The lowest BCUT2D eigenvalue weighted by Gasteiger charge is -2.19. The van der Waals surface area contributed by atoms with Gasteiger partial charge in [-0.05, 0) is 18.6 Å². The van der Waals surface area contributed by atoms with E-state index >= 15 is 0 Å². The summed E-state index contributed by atoms with van der Waals surface area (Å²) in [5.74, 6) is -0.721. The van der Waals surface area contributed by atoms with E-state index in [0.29, 0.717) is 10.6 Å². The lowest BCUT2D eigenvalue weighted by atomic mass is 10.0. The van der Waals surface area contributed by atoms with Crippen LogP contribution in [-0.4, -0.2) is 23.6 Å². The van der Waals surface area contributed by atoms with Gasteiger partial charge in [-0.15, -0.1) is 0 Å². The molecule has 0 aliphatic heterocycles. The van der Waals surface area contributed by atoms with E-state index < -0.39 is 12.0 Å². The first-order valence-electron chi connectivity index (χ1n) is 7.68. The molecule has 0 aliphatic carbocycles. The first-order chi connectivity index (χ1) is 11.9. The Labute approximate surface area is 154 Å². The lowest BCUT2D eigenvalue weighted by Crippen LogP contribution is -2.32. The number of aryl methyl sites for hydroxylation is 1. The highest BCUT2D eigenvalue weighted by Crippen LogP contribution is 2.25. The normalized spacial score (nSPS) is 11.8. The van der Waals surface area contributed by atoms with Crippen LogP contribution in [0.2, 0.25) is 5.02 Å². The molecule has 1 N–H and O–H groups in total. The number of benzene rings is 1. The molecule has 1 aromatic heterocycles. The van der Waals surface area contributed by atoms with E-state index in [9.17, 15) is 14.4 Å². The molecule has 2 aromatic rings. The molecule has 1 aromatic carbocycles. The molecule has 2 rings (SSSR count). The van der Waals surface area contributed by atoms with E-state index in [0.717, 1.165) is 17.0 Å². The van der Waals surface area contributed by atoms with E-state index in [2.05, 4.69) is 5.32 Å². The number of nitrogens with one attached hydrogen (secondary N) is 1. The average molecular weight is 383 g/mol. The standard InChI is InChI=1S/C17H19ClN2O4S/c1-11-10-25-17(23)20(11)8-7-15(21)19-14(9-16(22)24-2)12-5-3-4-6-13(12)18/h3-6,10,14H,7-9H2,1-2H3,(H,19,21). The number of thiazole rings is 1. The zero-order valence-electron chi connectivity index (χ0n) is 14.0. The number of esters is 1. The average Bonchev–Trinajstić information content (AvgIpc) is 2.91. The van der Waals surface area contributed by atoms with E-state index in [-0.39, 0.29) is 30.2 Å². The summed E-state index contributed by atoms with van der Waals surface area (Å²) in [4.78, 5) is 35.6. The Morgan fingerprint density at radius 1 is 1.36 bits per heavy atom. The second-order valence-corrected chi connectivity index (χ2v) is 6.69. The van der Waals surface area contributed by atoms with Gasteiger partial charge in [0.15, 0.2) is 0 Å². The van der Waals surface area contributed by atoms with Crippen molar-refractivity contribution in [2.24, 2.45) is 0 Å². The van der Waals surface area contributed by atoms with E-state index in [1.165, 1.54) is 7.11 Å². The van der Waals surface area contributed by atoms with Crippen LogP contribution in [0.15, 0.2) is 34.4 Å². The van der Waals surface area contributed by atoms with Gasteiger partial charge in [-0.25, -0.2) is 0 Å². The van der Waals surface area contributed by atoms with E-state index in [4.69, 9.17) is 16.3 Å². The van der Waals surface area contributed by atoms with Crippen LogP contribution >= 0.6 is 22.9 Å². The van der Waals surface area contributed by atoms with Gasteiger partial charge in [0, 0.05) is 29.1 Å². The van der Waals surface area contributed by atoms with Crippen molar-refractivity contribution in [3.05, 3.63) is 55.6 Å². The molecular formula is C17H19ClN2O4S. The molecule has 0 saturated heterocycles. The van der Waals surface area contributed by atoms with Gasteiger partial charge in [-0.2, -0.15) is 0 Å². The second kappa shape index (κ2) is 8.82. The molecule has 25 heavy (non-hydrogen) atoms. The van der Waals surface area contributed by atoms with Gasteiger partial charge in [0.1, 0.15) is 0 Å². The summed E-state index contributed by atoms with van der Waals surface area (Å²) in [7, 11) is 1.29. The third-order valence-corrected chi connectivity index (χ3v) is 4.98. The number of aromatic nitrogens is 1. The molecule has 134 valence electrons. The van der Waals surface area contributed by atoms with Gasteiger partial charge in [-0.3, -0.25) is 14.4 Å². The largest absolute Gasteiger partial charge is 0.469 e. The predicted octanol–water partition coefficient (Wildman–Crippen LogP) is 2.68. The topological polar surface area (TPSA) is 77.4 Å². The fourth-order valence-electron chi connectivity index (χ4n) is 2.40. The van der Waals surface area contributed by atoms with Crippen LogP contribution < -0.4 is 10.2 Å². The Morgan fingerprint density at radius 3 is 2.68 bits per heavy atom. The third-order valence-electron chi connectivity index (χ3n) is 3.75. The van der Waals surface area contributed by atoms with Gasteiger partial charge < -0.3 is 14.6 Å². The molecule has 0 aliphatic rings. The maximum absolute atomic E-state index is 12.3. The Kier molecular flexibility index (Phi) is 6.78. The molecule has 1 unspecified atom stereocenters. The third kappa shape index (κ3) is 5.17. The number of rotatable bonds is 7. The Bertz CT molecular complexity index is 815. The Balaban J connectivity index is 2.08. The number of ether oxygens (including phenoxy) is 1. The van der Waals surface area contributed by atoms with Crippen molar-refractivity contribution >= 4 is 34.8 Å². The van der Waals surface area contributed by atoms with Crippen LogP contribution in [0.3, 0.4) is 0 Å². The van der Waals surface area contributed by atoms with E-state index in [1.54, 1.807) is 34.2 Å². The van der Waals surface area contributed by atoms with Gasteiger partial charge in [0.05, 0.1) is 19.6 Å². The number of carbonyl (C=O) groups excluding carboxylic acids is 2. The number of carbonyl (C=O) groups is 2. The molecule has 1 amide bonds. The van der Waals surface area contributed by atoms with Gasteiger partial charge in [0.25, 0.3) is 0 Å². The van der Waals surface area contributed by atoms with Crippen molar-refractivity contribution in [2.75, 3.05) is 7.11 Å². The van der Waals surface area contributed by atoms with Gasteiger partial charge in [0.2, 0.25) is 5.91 Å². The summed E-state index contributed by atoms with van der Waals surface area (Å²) in [6.07, 6.45) is 0.100. The molecule has 0 bridgehead atoms. The Morgan fingerprint density at radius 2 is 2.08 bits per heavy atom.